The van der Waals surface area contributed by atoms with Gasteiger partial charge in [0.1, 0.15) is 0 Å². The van der Waals surface area contributed by atoms with Crippen LogP contribution in [0, 0.1) is 0 Å². The van der Waals surface area contributed by atoms with E-state index >= 15 is 0 Å². The first-order valence-corrected chi connectivity index (χ1v) is 7.64. The summed E-state index contributed by atoms with van der Waals surface area (Å²) in [6.07, 6.45) is 14.5. The van der Waals surface area contributed by atoms with Crippen molar-refractivity contribution in [2.45, 2.75) is 96.2 Å². The van der Waals surface area contributed by atoms with E-state index in [0.29, 0.717) is 0 Å². The standard InChI is InChI=1S/C15H29N/c1-3-5-8-14-11-12-15-10-6-9-13(7-4-2)16(14)15/h13-15H,3-12H2,1-2H3/t13-,14-,15-/m0/s1. The van der Waals surface area contributed by atoms with E-state index in [0.717, 1.165) is 18.1 Å². The molecule has 0 spiro atoms. The van der Waals surface area contributed by atoms with Crippen LogP contribution in [0.4, 0.5) is 0 Å². The van der Waals surface area contributed by atoms with Crippen LogP contribution in [-0.4, -0.2) is 23.0 Å². The fourth-order valence-corrected chi connectivity index (χ4v) is 3.97. The summed E-state index contributed by atoms with van der Waals surface area (Å²) in [4.78, 5) is 2.95. The second-order valence-corrected chi connectivity index (χ2v) is 5.85. The molecule has 3 atom stereocenters. The van der Waals surface area contributed by atoms with Crippen molar-refractivity contribution in [3.05, 3.63) is 0 Å². The second-order valence-electron chi connectivity index (χ2n) is 5.85. The maximum Gasteiger partial charge on any atom is 0.0102 e. The van der Waals surface area contributed by atoms with Gasteiger partial charge < -0.3 is 0 Å². The van der Waals surface area contributed by atoms with E-state index in [-0.39, 0.29) is 0 Å². The van der Waals surface area contributed by atoms with Gasteiger partial charge in [0, 0.05) is 18.1 Å². The van der Waals surface area contributed by atoms with E-state index in [1.807, 2.05) is 0 Å². The van der Waals surface area contributed by atoms with Crippen molar-refractivity contribution in [1.29, 1.82) is 0 Å². The summed E-state index contributed by atoms with van der Waals surface area (Å²) < 4.78 is 0. The molecule has 2 aliphatic rings. The normalized spacial score (nSPS) is 35.2. The van der Waals surface area contributed by atoms with E-state index in [4.69, 9.17) is 0 Å². The zero-order chi connectivity index (χ0) is 11.4. The maximum absolute atomic E-state index is 2.95. The molecule has 1 nitrogen and oxygen atoms in total. The van der Waals surface area contributed by atoms with E-state index in [1.54, 1.807) is 0 Å². The molecule has 0 amide bonds. The van der Waals surface area contributed by atoms with Crippen LogP contribution in [0.25, 0.3) is 0 Å². The number of rotatable bonds is 5. The van der Waals surface area contributed by atoms with Crippen molar-refractivity contribution >= 4 is 0 Å². The van der Waals surface area contributed by atoms with Crippen LogP contribution in [0.15, 0.2) is 0 Å². The largest absolute Gasteiger partial charge is 0.294 e. The molecule has 0 aromatic rings. The van der Waals surface area contributed by atoms with Crippen LogP contribution in [0.5, 0.6) is 0 Å². The van der Waals surface area contributed by atoms with Gasteiger partial charge in [-0.25, -0.2) is 0 Å². The Morgan fingerprint density at radius 3 is 2.44 bits per heavy atom. The molecule has 2 aliphatic heterocycles. The van der Waals surface area contributed by atoms with Gasteiger partial charge in [-0.05, 0) is 38.5 Å². The molecule has 0 N–H and O–H groups in total. The quantitative estimate of drug-likeness (QED) is 0.669. The lowest BCUT2D eigenvalue weighted by Crippen LogP contribution is -2.46. The van der Waals surface area contributed by atoms with Crippen molar-refractivity contribution in [3.8, 4) is 0 Å². The Labute approximate surface area is 102 Å². The fourth-order valence-electron chi connectivity index (χ4n) is 3.97. The lowest BCUT2D eigenvalue weighted by atomic mass is 9.93. The molecule has 16 heavy (non-hydrogen) atoms. The molecule has 1 heteroatoms. The molecular formula is C15H29N. The van der Waals surface area contributed by atoms with Crippen LogP contribution in [0.1, 0.15) is 78.1 Å². The van der Waals surface area contributed by atoms with Gasteiger partial charge in [0.2, 0.25) is 0 Å². The van der Waals surface area contributed by atoms with Crippen molar-refractivity contribution in [2.24, 2.45) is 0 Å². The number of piperidine rings is 1. The molecule has 2 fully saturated rings. The predicted molar refractivity (Wildman–Crippen MR) is 70.7 cm³/mol. The van der Waals surface area contributed by atoms with Crippen molar-refractivity contribution < 1.29 is 0 Å². The first-order valence-electron chi connectivity index (χ1n) is 7.64. The first kappa shape index (κ1) is 12.4. The van der Waals surface area contributed by atoms with Crippen LogP contribution in [0.3, 0.4) is 0 Å². The summed E-state index contributed by atoms with van der Waals surface area (Å²) in [6, 6.07) is 2.85. The number of hydrogen-bond acceptors (Lipinski definition) is 1. The summed E-state index contributed by atoms with van der Waals surface area (Å²) in [5.41, 5.74) is 0. The molecule has 0 radical (unpaired) electrons. The molecule has 0 aliphatic carbocycles. The molecule has 2 heterocycles. The summed E-state index contributed by atoms with van der Waals surface area (Å²) in [5.74, 6) is 0. The highest BCUT2D eigenvalue weighted by atomic mass is 15.2. The van der Waals surface area contributed by atoms with Crippen LogP contribution < -0.4 is 0 Å². The monoisotopic (exact) mass is 223 g/mol. The lowest BCUT2D eigenvalue weighted by molar-refractivity contribution is 0.0715. The molecule has 94 valence electrons. The molecule has 0 bridgehead atoms. The van der Waals surface area contributed by atoms with Crippen molar-refractivity contribution in [1.82, 2.24) is 4.90 Å². The molecular weight excluding hydrogens is 194 g/mol. The Balaban J connectivity index is 1.94. The van der Waals surface area contributed by atoms with E-state index in [9.17, 15) is 0 Å². The smallest absolute Gasteiger partial charge is 0.0102 e. The summed E-state index contributed by atoms with van der Waals surface area (Å²) >= 11 is 0. The Bertz CT molecular complexity index is 200. The van der Waals surface area contributed by atoms with Gasteiger partial charge in [-0.2, -0.15) is 0 Å². The summed E-state index contributed by atoms with van der Waals surface area (Å²) in [6.45, 7) is 4.67. The Hall–Kier alpha value is -0.0400. The van der Waals surface area contributed by atoms with Crippen LogP contribution in [0.2, 0.25) is 0 Å². The second kappa shape index (κ2) is 6.05. The van der Waals surface area contributed by atoms with Gasteiger partial charge in [0.25, 0.3) is 0 Å². The Morgan fingerprint density at radius 1 is 0.875 bits per heavy atom. The van der Waals surface area contributed by atoms with Gasteiger partial charge >= 0.3 is 0 Å². The highest BCUT2D eigenvalue weighted by Crippen LogP contribution is 2.38. The molecule has 2 rings (SSSR count). The SMILES string of the molecule is CCCC[C@H]1CC[C@@H]2CCC[C@H](CCC)N12. The van der Waals surface area contributed by atoms with Gasteiger partial charge in [0.05, 0.1) is 0 Å². The van der Waals surface area contributed by atoms with Crippen LogP contribution >= 0.6 is 0 Å². The summed E-state index contributed by atoms with van der Waals surface area (Å²) in [7, 11) is 0. The third-order valence-electron chi connectivity index (χ3n) is 4.69. The minimum Gasteiger partial charge on any atom is -0.294 e. The predicted octanol–water partition coefficient (Wildman–Crippen LogP) is 4.36. The Kier molecular flexibility index (Phi) is 4.69. The van der Waals surface area contributed by atoms with Crippen molar-refractivity contribution in [2.75, 3.05) is 0 Å². The van der Waals surface area contributed by atoms with E-state index in [1.165, 1.54) is 64.2 Å². The lowest BCUT2D eigenvalue weighted by Gasteiger charge is -2.41. The van der Waals surface area contributed by atoms with Gasteiger partial charge in [-0.3, -0.25) is 4.90 Å². The fraction of sp³-hybridized carbons (Fsp3) is 1.00. The average molecular weight is 223 g/mol. The maximum atomic E-state index is 2.95. The third kappa shape index (κ3) is 2.61. The number of fused-ring (bicyclic) bond motifs is 1. The van der Waals surface area contributed by atoms with Gasteiger partial charge in [-0.15, -0.1) is 0 Å². The molecule has 0 unspecified atom stereocenters. The molecule has 0 aromatic carbocycles. The van der Waals surface area contributed by atoms with Crippen molar-refractivity contribution in [3.63, 3.8) is 0 Å². The number of unbranched alkanes of at least 4 members (excludes halogenated alkanes) is 1. The molecule has 0 saturated carbocycles. The van der Waals surface area contributed by atoms with E-state index < -0.39 is 0 Å². The zero-order valence-electron chi connectivity index (χ0n) is 11.3. The highest BCUT2D eigenvalue weighted by Gasteiger charge is 2.39. The van der Waals surface area contributed by atoms with Crippen LogP contribution in [-0.2, 0) is 0 Å². The molecule has 0 aromatic heterocycles. The minimum absolute atomic E-state index is 0.938. The van der Waals surface area contributed by atoms with Gasteiger partial charge in [0.15, 0.2) is 0 Å². The van der Waals surface area contributed by atoms with E-state index in [2.05, 4.69) is 18.7 Å². The first-order chi connectivity index (χ1) is 7.86. The topological polar surface area (TPSA) is 3.24 Å². The number of nitrogens with zero attached hydrogens (tertiary/aromatic N) is 1. The molecule has 2 saturated heterocycles. The minimum atomic E-state index is 0.938. The number of hydrogen-bond donors (Lipinski definition) is 0. The third-order valence-corrected chi connectivity index (χ3v) is 4.69. The summed E-state index contributed by atoms with van der Waals surface area (Å²) in [5, 5.41) is 0. The highest BCUT2D eigenvalue weighted by molar-refractivity contribution is 4.94. The zero-order valence-corrected chi connectivity index (χ0v) is 11.3. The average Bonchev–Trinajstić information content (AvgIpc) is 2.71. The Morgan fingerprint density at radius 2 is 1.69 bits per heavy atom. The van der Waals surface area contributed by atoms with Gasteiger partial charge in [-0.1, -0.05) is 39.5 Å².